The minimum Gasteiger partial charge on any atom is -0.354 e. The van der Waals surface area contributed by atoms with E-state index in [4.69, 9.17) is 0 Å². The Labute approximate surface area is 156 Å². The van der Waals surface area contributed by atoms with Gasteiger partial charge in [0, 0.05) is 30.8 Å². The Hall–Kier alpha value is -3.22. The first kappa shape index (κ1) is 18.6. The SMILES string of the molecule is Cc1ccc(C(=O)NCCNC(=O)C2CC(=O)Nc3ccccc32)cc1F. The summed E-state index contributed by atoms with van der Waals surface area (Å²) in [6.45, 7) is 2.02. The predicted octanol–water partition coefficient (Wildman–Crippen LogP) is 2.11. The predicted molar refractivity (Wildman–Crippen MR) is 98.9 cm³/mol. The molecule has 1 heterocycles. The number of aryl methyl sites for hydroxylation is 1. The molecule has 0 bridgehead atoms. The molecule has 1 atom stereocenters. The molecule has 1 unspecified atom stereocenters. The molecule has 0 radical (unpaired) electrons. The van der Waals surface area contributed by atoms with Crippen molar-refractivity contribution in [3.8, 4) is 0 Å². The molecular formula is C20H20FN3O3. The number of carbonyl (C=O) groups is 3. The number of carbonyl (C=O) groups excluding carboxylic acids is 3. The highest BCUT2D eigenvalue weighted by Crippen LogP contribution is 2.31. The zero-order chi connectivity index (χ0) is 19.4. The number of anilines is 1. The van der Waals surface area contributed by atoms with Crippen LogP contribution in [0.25, 0.3) is 0 Å². The molecule has 2 aromatic rings. The van der Waals surface area contributed by atoms with Crippen LogP contribution < -0.4 is 16.0 Å². The van der Waals surface area contributed by atoms with Crippen molar-refractivity contribution >= 4 is 23.4 Å². The van der Waals surface area contributed by atoms with Crippen LogP contribution in [-0.4, -0.2) is 30.8 Å². The van der Waals surface area contributed by atoms with Crippen LogP contribution in [0.3, 0.4) is 0 Å². The number of hydrogen-bond acceptors (Lipinski definition) is 3. The monoisotopic (exact) mass is 369 g/mol. The van der Waals surface area contributed by atoms with E-state index in [0.29, 0.717) is 11.3 Å². The van der Waals surface area contributed by atoms with E-state index in [1.165, 1.54) is 12.1 Å². The maximum atomic E-state index is 13.5. The Balaban J connectivity index is 1.52. The molecule has 0 saturated heterocycles. The second kappa shape index (κ2) is 7.99. The minimum atomic E-state index is -0.558. The summed E-state index contributed by atoms with van der Waals surface area (Å²) in [5.74, 6) is -1.89. The molecule has 0 aromatic heterocycles. The average Bonchev–Trinajstić information content (AvgIpc) is 2.66. The molecule has 7 heteroatoms. The standard InChI is InChI=1S/C20H20FN3O3/c1-12-6-7-13(10-16(12)21)19(26)22-8-9-23-20(27)15-11-18(25)24-17-5-3-2-4-14(15)17/h2-7,10,15H,8-9,11H2,1H3,(H,22,26)(H,23,27)(H,24,25). The number of rotatable bonds is 5. The summed E-state index contributed by atoms with van der Waals surface area (Å²) in [4.78, 5) is 36.3. The van der Waals surface area contributed by atoms with Gasteiger partial charge in [-0.05, 0) is 36.2 Å². The maximum absolute atomic E-state index is 13.5. The van der Waals surface area contributed by atoms with Crippen LogP contribution in [-0.2, 0) is 9.59 Å². The average molecular weight is 369 g/mol. The fraction of sp³-hybridized carbons (Fsp3) is 0.250. The first-order valence-corrected chi connectivity index (χ1v) is 8.66. The summed E-state index contributed by atoms with van der Waals surface area (Å²) < 4.78 is 13.5. The van der Waals surface area contributed by atoms with E-state index in [1.54, 1.807) is 25.1 Å². The van der Waals surface area contributed by atoms with E-state index in [-0.39, 0.29) is 36.9 Å². The molecule has 3 N–H and O–H groups in total. The van der Waals surface area contributed by atoms with Crippen molar-refractivity contribution in [1.29, 1.82) is 0 Å². The molecule has 1 aliphatic heterocycles. The van der Waals surface area contributed by atoms with Gasteiger partial charge in [-0.25, -0.2) is 4.39 Å². The molecule has 0 saturated carbocycles. The van der Waals surface area contributed by atoms with Crippen LogP contribution in [0.15, 0.2) is 42.5 Å². The third-order valence-electron chi connectivity index (χ3n) is 4.46. The molecule has 0 fully saturated rings. The molecule has 27 heavy (non-hydrogen) atoms. The van der Waals surface area contributed by atoms with Crippen LogP contribution in [0.1, 0.15) is 33.8 Å². The van der Waals surface area contributed by atoms with Crippen molar-refractivity contribution in [1.82, 2.24) is 10.6 Å². The third-order valence-corrected chi connectivity index (χ3v) is 4.46. The molecule has 3 rings (SSSR count). The van der Waals surface area contributed by atoms with Crippen LogP contribution in [0.4, 0.5) is 10.1 Å². The van der Waals surface area contributed by atoms with E-state index < -0.39 is 17.6 Å². The Morgan fingerprint density at radius 2 is 1.89 bits per heavy atom. The van der Waals surface area contributed by atoms with Gasteiger partial charge >= 0.3 is 0 Å². The molecule has 2 aromatic carbocycles. The van der Waals surface area contributed by atoms with Crippen LogP contribution in [0.2, 0.25) is 0 Å². The fourth-order valence-electron chi connectivity index (χ4n) is 2.97. The number of nitrogens with one attached hydrogen (secondary N) is 3. The maximum Gasteiger partial charge on any atom is 0.251 e. The molecule has 3 amide bonds. The van der Waals surface area contributed by atoms with Crippen molar-refractivity contribution < 1.29 is 18.8 Å². The Morgan fingerprint density at radius 1 is 1.15 bits per heavy atom. The molecular weight excluding hydrogens is 349 g/mol. The summed E-state index contributed by atoms with van der Waals surface area (Å²) >= 11 is 0. The lowest BCUT2D eigenvalue weighted by atomic mass is 9.90. The smallest absolute Gasteiger partial charge is 0.251 e. The Kier molecular flexibility index (Phi) is 5.49. The summed E-state index contributed by atoms with van der Waals surface area (Å²) in [7, 11) is 0. The molecule has 140 valence electrons. The lowest BCUT2D eigenvalue weighted by Crippen LogP contribution is -2.39. The normalized spacial score (nSPS) is 15.5. The van der Waals surface area contributed by atoms with Crippen LogP contribution >= 0.6 is 0 Å². The van der Waals surface area contributed by atoms with Crippen molar-refractivity contribution in [3.05, 3.63) is 65.0 Å². The number of amides is 3. The van der Waals surface area contributed by atoms with Gasteiger partial charge in [-0.2, -0.15) is 0 Å². The summed E-state index contributed by atoms with van der Waals surface area (Å²) in [5.41, 5.74) is 2.11. The minimum absolute atomic E-state index is 0.0812. The fourth-order valence-corrected chi connectivity index (χ4v) is 2.97. The van der Waals surface area contributed by atoms with Crippen LogP contribution in [0.5, 0.6) is 0 Å². The second-order valence-electron chi connectivity index (χ2n) is 6.40. The van der Waals surface area contributed by atoms with E-state index >= 15 is 0 Å². The van der Waals surface area contributed by atoms with Gasteiger partial charge in [-0.15, -0.1) is 0 Å². The first-order valence-electron chi connectivity index (χ1n) is 8.66. The summed E-state index contributed by atoms with van der Waals surface area (Å²) in [6, 6.07) is 11.4. The topological polar surface area (TPSA) is 87.3 Å². The molecule has 1 aliphatic rings. The first-order chi connectivity index (χ1) is 13.0. The van der Waals surface area contributed by atoms with Gasteiger partial charge in [0.2, 0.25) is 11.8 Å². The van der Waals surface area contributed by atoms with Gasteiger partial charge in [0.15, 0.2) is 0 Å². The van der Waals surface area contributed by atoms with Gasteiger partial charge in [0.05, 0.1) is 5.92 Å². The highest BCUT2D eigenvalue weighted by Gasteiger charge is 2.30. The molecule has 0 aliphatic carbocycles. The molecule has 0 spiro atoms. The van der Waals surface area contributed by atoms with Gasteiger partial charge < -0.3 is 16.0 Å². The van der Waals surface area contributed by atoms with E-state index in [1.807, 2.05) is 12.1 Å². The van der Waals surface area contributed by atoms with Crippen molar-refractivity contribution in [2.75, 3.05) is 18.4 Å². The second-order valence-corrected chi connectivity index (χ2v) is 6.40. The third kappa shape index (κ3) is 4.31. The zero-order valence-electron chi connectivity index (χ0n) is 14.8. The lowest BCUT2D eigenvalue weighted by molar-refractivity contribution is -0.126. The van der Waals surface area contributed by atoms with Crippen molar-refractivity contribution in [3.63, 3.8) is 0 Å². The Bertz CT molecular complexity index is 898. The zero-order valence-corrected chi connectivity index (χ0v) is 14.8. The van der Waals surface area contributed by atoms with Gasteiger partial charge in [-0.3, -0.25) is 14.4 Å². The van der Waals surface area contributed by atoms with Gasteiger partial charge in [0.1, 0.15) is 5.82 Å². The number of fused-ring (bicyclic) bond motifs is 1. The van der Waals surface area contributed by atoms with Crippen LogP contribution in [0, 0.1) is 12.7 Å². The summed E-state index contributed by atoms with van der Waals surface area (Å²) in [5, 5.41) is 8.11. The van der Waals surface area contributed by atoms with Gasteiger partial charge in [-0.1, -0.05) is 24.3 Å². The largest absolute Gasteiger partial charge is 0.354 e. The van der Waals surface area contributed by atoms with Crippen molar-refractivity contribution in [2.45, 2.75) is 19.3 Å². The number of hydrogen-bond donors (Lipinski definition) is 3. The van der Waals surface area contributed by atoms with Crippen molar-refractivity contribution in [2.24, 2.45) is 0 Å². The Morgan fingerprint density at radius 3 is 2.67 bits per heavy atom. The van der Waals surface area contributed by atoms with Gasteiger partial charge in [0.25, 0.3) is 5.91 Å². The lowest BCUT2D eigenvalue weighted by Gasteiger charge is -2.24. The highest BCUT2D eigenvalue weighted by atomic mass is 19.1. The van der Waals surface area contributed by atoms with E-state index in [2.05, 4.69) is 16.0 Å². The summed E-state index contributed by atoms with van der Waals surface area (Å²) in [6.07, 6.45) is 0.0812. The highest BCUT2D eigenvalue weighted by molar-refractivity contribution is 6.01. The number of halogens is 1. The molecule has 6 nitrogen and oxygen atoms in total. The van der Waals surface area contributed by atoms with E-state index in [9.17, 15) is 18.8 Å². The van der Waals surface area contributed by atoms with E-state index in [0.717, 1.165) is 5.56 Å². The number of benzene rings is 2. The number of para-hydroxylation sites is 1. The quantitative estimate of drug-likeness (QED) is 0.706.